The van der Waals surface area contributed by atoms with Crippen LogP contribution in [0.3, 0.4) is 0 Å². The number of carbonyl (C=O) groups is 2. The Morgan fingerprint density at radius 2 is 1.90 bits per heavy atom. The Hall–Kier alpha value is -4.92. The van der Waals surface area contributed by atoms with Crippen molar-refractivity contribution in [1.82, 2.24) is 15.3 Å². The summed E-state index contributed by atoms with van der Waals surface area (Å²) in [5, 5.41) is 15.1. The summed E-state index contributed by atoms with van der Waals surface area (Å²) in [6, 6.07) is 7.76. The molecule has 48 heavy (non-hydrogen) atoms. The third kappa shape index (κ3) is 5.86. The molecule has 2 aliphatic rings. The highest BCUT2D eigenvalue weighted by atomic mass is 19.4. The predicted octanol–water partition coefficient (Wildman–Crippen LogP) is 5.53. The quantitative estimate of drug-likeness (QED) is 0.199. The maximum Gasteiger partial charge on any atom is 0.419 e. The van der Waals surface area contributed by atoms with Gasteiger partial charge in [-0.15, -0.1) is 0 Å². The van der Waals surface area contributed by atoms with E-state index in [4.69, 9.17) is 10.5 Å². The van der Waals surface area contributed by atoms with Crippen LogP contribution in [-0.2, 0) is 22.0 Å². The monoisotopic (exact) mass is 674 g/mol. The molecular weight excluding hydrogens is 646 g/mol. The lowest BCUT2D eigenvalue weighted by Gasteiger charge is -2.30. The molecule has 1 fully saturated rings. The van der Waals surface area contributed by atoms with E-state index in [-0.39, 0.29) is 51.7 Å². The van der Waals surface area contributed by atoms with Gasteiger partial charge in [0.05, 0.1) is 17.8 Å². The van der Waals surface area contributed by atoms with Crippen molar-refractivity contribution in [2.24, 2.45) is 11.7 Å². The molecule has 0 bridgehead atoms. The number of alkyl halides is 5. The lowest BCUT2D eigenvalue weighted by molar-refractivity contribution is -0.140. The molecule has 4 aromatic rings. The van der Waals surface area contributed by atoms with Crippen LogP contribution < -0.4 is 20.5 Å². The van der Waals surface area contributed by atoms with Crippen LogP contribution in [0.15, 0.2) is 48.7 Å². The van der Waals surface area contributed by atoms with E-state index < -0.39 is 59.5 Å². The van der Waals surface area contributed by atoms with Gasteiger partial charge >= 0.3 is 12.8 Å². The molecule has 9 nitrogen and oxygen atoms in total. The minimum atomic E-state index is -5.04. The summed E-state index contributed by atoms with van der Waals surface area (Å²) >= 11 is 0. The van der Waals surface area contributed by atoms with Crippen LogP contribution in [0.25, 0.3) is 22.2 Å². The van der Waals surface area contributed by atoms with Crippen LogP contribution in [-0.4, -0.2) is 46.7 Å². The maximum atomic E-state index is 14.2. The van der Waals surface area contributed by atoms with Gasteiger partial charge in [0.25, 0.3) is 5.91 Å². The Morgan fingerprint density at radius 1 is 1.17 bits per heavy atom. The van der Waals surface area contributed by atoms with Crippen molar-refractivity contribution in [3.63, 3.8) is 0 Å². The van der Waals surface area contributed by atoms with Gasteiger partial charge in [0.1, 0.15) is 40.4 Å². The number of rotatable bonds is 9. The van der Waals surface area contributed by atoms with Gasteiger partial charge in [-0.1, -0.05) is 0 Å². The van der Waals surface area contributed by atoms with Crippen LogP contribution in [0.4, 0.5) is 26.3 Å². The zero-order chi connectivity index (χ0) is 34.8. The highest BCUT2D eigenvalue weighted by Gasteiger charge is 2.50. The zero-order valence-electron chi connectivity index (χ0n) is 25.4. The van der Waals surface area contributed by atoms with E-state index in [1.807, 2.05) is 0 Å². The number of nitrogens with one attached hydrogen (secondary N) is 1. The Bertz CT molecular complexity index is 1970. The van der Waals surface area contributed by atoms with E-state index in [0.29, 0.717) is 35.9 Å². The summed E-state index contributed by atoms with van der Waals surface area (Å²) in [6.07, 6.45) is -2.60. The third-order valence-electron chi connectivity index (χ3n) is 8.74. The number of benzene rings is 2. The lowest BCUT2D eigenvalue weighted by Crippen LogP contribution is -2.44. The number of aliphatic hydroxyl groups is 1. The van der Waals surface area contributed by atoms with Crippen molar-refractivity contribution >= 4 is 22.7 Å². The van der Waals surface area contributed by atoms with Gasteiger partial charge in [-0.05, 0) is 80.6 Å². The van der Waals surface area contributed by atoms with Crippen molar-refractivity contribution in [2.45, 2.75) is 50.5 Å². The van der Waals surface area contributed by atoms with Crippen LogP contribution in [0.5, 0.6) is 11.5 Å². The minimum Gasteiger partial charge on any atom is -0.489 e. The molecule has 2 aromatic heterocycles. The predicted molar refractivity (Wildman–Crippen MR) is 159 cm³/mol. The normalized spacial score (nSPS) is 18.7. The van der Waals surface area contributed by atoms with E-state index >= 15 is 0 Å². The number of hydrogen-bond acceptors (Lipinski definition) is 7. The van der Waals surface area contributed by atoms with Gasteiger partial charge in [0.2, 0.25) is 5.91 Å². The second kappa shape index (κ2) is 11.6. The number of hydrogen-bond donors (Lipinski definition) is 3. The fourth-order valence-electron chi connectivity index (χ4n) is 5.86. The van der Waals surface area contributed by atoms with E-state index in [1.54, 1.807) is 13.0 Å². The van der Waals surface area contributed by atoms with E-state index in [0.717, 1.165) is 12.1 Å². The molecule has 3 heterocycles. The van der Waals surface area contributed by atoms with E-state index in [2.05, 4.69) is 20.0 Å². The summed E-state index contributed by atoms with van der Waals surface area (Å²) in [4.78, 5) is 34.7. The molecule has 4 N–H and O–H groups in total. The first-order valence-electron chi connectivity index (χ1n) is 14.7. The van der Waals surface area contributed by atoms with Crippen molar-refractivity contribution < 1.29 is 50.5 Å². The molecule has 2 aromatic carbocycles. The molecule has 1 aliphatic carbocycles. The second-order valence-corrected chi connectivity index (χ2v) is 12.2. The highest BCUT2D eigenvalue weighted by Crippen LogP contribution is 2.50. The second-order valence-electron chi connectivity index (χ2n) is 12.2. The topological polar surface area (TPSA) is 137 Å². The van der Waals surface area contributed by atoms with E-state index in [1.165, 1.54) is 25.3 Å². The number of nitrogens with zero attached hydrogens (tertiary/aromatic N) is 2. The number of primary amides is 1. The lowest BCUT2D eigenvalue weighted by atomic mass is 9.81. The van der Waals surface area contributed by atoms with Crippen LogP contribution in [0, 0.1) is 18.7 Å². The van der Waals surface area contributed by atoms with Crippen LogP contribution in [0.1, 0.15) is 52.5 Å². The Kier molecular flexibility index (Phi) is 8.01. The summed E-state index contributed by atoms with van der Waals surface area (Å²) in [7, 11) is 0. The van der Waals surface area contributed by atoms with Crippen LogP contribution in [0.2, 0.25) is 0 Å². The smallest absolute Gasteiger partial charge is 0.419 e. The van der Waals surface area contributed by atoms with Gasteiger partial charge < -0.3 is 25.6 Å². The fourth-order valence-corrected chi connectivity index (χ4v) is 5.86. The average molecular weight is 675 g/mol. The number of aromatic nitrogens is 2. The Labute approximate surface area is 269 Å². The Morgan fingerprint density at radius 3 is 2.54 bits per heavy atom. The highest BCUT2D eigenvalue weighted by molar-refractivity contribution is 6.00. The first-order chi connectivity index (χ1) is 22.5. The summed E-state index contributed by atoms with van der Waals surface area (Å²) < 4.78 is 91.9. The average Bonchev–Trinajstić information content (AvgIpc) is 3.82. The minimum absolute atomic E-state index is 0.0615. The fraction of sp³-hybridized carbons (Fsp3) is 0.333. The number of fused-ring (bicyclic) bond motifs is 2. The number of nitrogens with two attached hydrogens (primary N) is 1. The molecule has 0 radical (unpaired) electrons. The Balaban J connectivity index is 1.42. The van der Waals surface area contributed by atoms with E-state index in [9.17, 15) is 41.0 Å². The largest absolute Gasteiger partial charge is 0.489 e. The third-order valence-corrected chi connectivity index (χ3v) is 8.74. The van der Waals surface area contributed by atoms with Gasteiger partial charge in [0, 0.05) is 28.3 Å². The van der Waals surface area contributed by atoms with Crippen molar-refractivity contribution in [2.75, 3.05) is 13.2 Å². The van der Waals surface area contributed by atoms with Crippen molar-refractivity contribution in [3.05, 3.63) is 82.4 Å². The SMILES string of the molecule is Cc1cnc2c(OC(F)F)cc(C(=O)NCC(O)(c3cc4c(c(-c5ccc(F)c(C(F)(F)F)c5)n3)OC[C@]4(C)C(N)=O)C3CC3)cc2c1. The molecule has 6 rings (SSSR count). The summed E-state index contributed by atoms with van der Waals surface area (Å²) in [6.45, 7) is -0.750. The standard InChI is InChI=1S/C33H28F6N4O5/c1-15-7-17-8-18(10-23(48-30(35)36)25(17)41-12-15)28(44)42-13-32(46,19-4-5-19)24-11-21-27(47-14-31(21,2)29(40)45)26(43-24)16-3-6-22(34)20(9-16)33(37,38)39/h3,6-12,19,30,46H,4-5,13-14H2,1-2H3,(H2,40,45)(H,42,44)/t31-,32?/m0/s1. The first-order valence-corrected chi connectivity index (χ1v) is 14.7. The maximum absolute atomic E-state index is 14.2. The van der Waals surface area contributed by atoms with Crippen LogP contribution >= 0.6 is 0 Å². The number of amides is 2. The molecule has 2 atom stereocenters. The molecule has 0 saturated heterocycles. The molecule has 2 amide bonds. The molecule has 1 unspecified atom stereocenters. The van der Waals surface area contributed by atoms with Gasteiger partial charge in [0.15, 0.2) is 5.75 Å². The number of halogens is 6. The first kappa shape index (κ1) is 33.0. The molecule has 0 spiro atoms. The van der Waals surface area contributed by atoms with Crippen molar-refractivity contribution in [3.8, 4) is 22.8 Å². The zero-order valence-corrected chi connectivity index (χ0v) is 25.4. The molecule has 1 aliphatic heterocycles. The summed E-state index contributed by atoms with van der Waals surface area (Å²) in [5.74, 6) is -3.96. The number of ether oxygens (including phenoxy) is 2. The van der Waals surface area contributed by atoms with Gasteiger partial charge in [-0.2, -0.15) is 22.0 Å². The number of aryl methyl sites for hydroxylation is 1. The number of pyridine rings is 2. The van der Waals surface area contributed by atoms with Gasteiger partial charge in [-0.25, -0.2) is 9.37 Å². The molecular formula is C33H28F6N4O5. The number of carbonyl (C=O) groups excluding carboxylic acids is 2. The van der Waals surface area contributed by atoms with Crippen molar-refractivity contribution in [1.29, 1.82) is 0 Å². The van der Waals surface area contributed by atoms with Gasteiger partial charge in [-0.3, -0.25) is 14.6 Å². The molecule has 252 valence electrons. The summed E-state index contributed by atoms with van der Waals surface area (Å²) in [5.41, 5.74) is 1.11. The molecule has 1 saturated carbocycles. The molecule has 15 heteroatoms.